The van der Waals surface area contributed by atoms with E-state index in [9.17, 15) is 13.2 Å². The number of aryl methyl sites for hydroxylation is 1. The summed E-state index contributed by atoms with van der Waals surface area (Å²) in [7, 11) is 0. The predicted octanol–water partition coefficient (Wildman–Crippen LogP) is 3.86. The molecule has 0 saturated carbocycles. The van der Waals surface area contributed by atoms with Crippen LogP contribution in [0, 0.1) is 6.92 Å². The molecule has 26 heavy (non-hydrogen) atoms. The van der Waals surface area contributed by atoms with Gasteiger partial charge in [-0.15, -0.1) is 0 Å². The first-order chi connectivity index (χ1) is 12.4. The Morgan fingerprint density at radius 2 is 1.96 bits per heavy atom. The Hall–Kier alpha value is -3.23. The van der Waals surface area contributed by atoms with Gasteiger partial charge < -0.3 is 4.52 Å². The predicted molar refractivity (Wildman–Crippen MR) is 86.1 cm³/mol. The molecule has 0 aliphatic rings. The number of nitrogens with zero attached hydrogens (tertiary/aromatic N) is 5. The molecule has 0 bridgehead atoms. The van der Waals surface area contributed by atoms with Crippen molar-refractivity contribution in [2.45, 2.75) is 19.6 Å². The lowest BCUT2D eigenvalue weighted by Gasteiger charge is -2.09. The van der Waals surface area contributed by atoms with Gasteiger partial charge in [0.05, 0.1) is 17.3 Å². The smallest absolute Gasteiger partial charge is 0.337 e. The summed E-state index contributed by atoms with van der Waals surface area (Å²) in [5, 5.41) is 7.96. The van der Waals surface area contributed by atoms with Crippen LogP contribution >= 0.6 is 0 Å². The number of pyridine rings is 1. The zero-order valence-corrected chi connectivity index (χ0v) is 13.5. The van der Waals surface area contributed by atoms with Crippen molar-refractivity contribution in [1.82, 2.24) is 24.9 Å². The van der Waals surface area contributed by atoms with E-state index in [4.69, 9.17) is 4.52 Å². The number of alkyl halides is 3. The minimum atomic E-state index is -4.40. The summed E-state index contributed by atoms with van der Waals surface area (Å²) in [4.78, 5) is 8.41. The number of fused-ring (bicyclic) bond motifs is 1. The van der Waals surface area contributed by atoms with Gasteiger partial charge in [0.25, 0.3) is 0 Å². The molecule has 4 aromatic rings. The Morgan fingerprint density at radius 1 is 1.12 bits per heavy atom. The Kier molecular flexibility index (Phi) is 3.71. The maximum absolute atomic E-state index is 12.9. The van der Waals surface area contributed by atoms with Crippen molar-refractivity contribution in [3.05, 3.63) is 60.0 Å². The summed E-state index contributed by atoms with van der Waals surface area (Å²) in [5.41, 5.74) is 1.57. The largest absolute Gasteiger partial charge is 0.416 e. The van der Waals surface area contributed by atoms with Crippen LogP contribution in [0.25, 0.3) is 22.2 Å². The highest BCUT2D eigenvalue weighted by Crippen LogP contribution is 2.32. The minimum absolute atomic E-state index is 0.248. The van der Waals surface area contributed by atoms with Gasteiger partial charge >= 0.3 is 6.18 Å². The maximum Gasteiger partial charge on any atom is 0.416 e. The molecule has 0 spiro atoms. The highest BCUT2D eigenvalue weighted by molar-refractivity contribution is 5.80. The van der Waals surface area contributed by atoms with Crippen molar-refractivity contribution in [3.63, 3.8) is 0 Å². The number of hydrogen-bond acceptors (Lipinski definition) is 5. The fourth-order valence-corrected chi connectivity index (χ4v) is 2.65. The summed E-state index contributed by atoms with van der Waals surface area (Å²) in [6.45, 7) is 1.96. The van der Waals surface area contributed by atoms with Crippen LogP contribution in [0.2, 0.25) is 0 Å². The highest BCUT2D eigenvalue weighted by atomic mass is 19.4. The van der Waals surface area contributed by atoms with Crippen LogP contribution in [0.4, 0.5) is 13.2 Å². The van der Waals surface area contributed by atoms with Crippen molar-refractivity contribution in [2.24, 2.45) is 0 Å². The molecule has 3 heterocycles. The number of aromatic nitrogens is 5. The molecule has 9 heteroatoms. The summed E-state index contributed by atoms with van der Waals surface area (Å²) >= 11 is 0. The first-order valence-corrected chi connectivity index (χ1v) is 7.68. The summed E-state index contributed by atoms with van der Waals surface area (Å²) in [6, 6.07) is 6.87. The standard InChI is InChI=1S/C17H12F3N5O/c1-10-23-16(26-24-10)9-25-15-6-12(7-21-14(15)8-22-25)11-3-2-4-13(5-11)17(18,19)20/h2-8H,9H2,1H3. The van der Waals surface area contributed by atoms with E-state index in [1.54, 1.807) is 29.9 Å². The molecular formula is C17H12F3N5O. The van der Waals surface area contributed by atoms with E-state index in [1.165, 1.54) is 12.3 Å². The van der Waals surface area contributed by atoms with Crippen LogP contribution in [-0.2, 0) is 12.7 Å². The van der Waals surface area contributed by atoms with Crippen molar-refractivity contribution in [3.8, 4) is 11.1 Å². The van der Waals surface area contributed by atoms with Crippen LogP contribution in [0.3, 0.4) is 0 Å². The van der Waals surface area contributed by atoms with E-state index in [-0.39, 0.29) is 6.54 Å². The zero-order chi connectivity index (χ0) is 18.3. The molecule has 132 valence electrons. The van der Waals surface area contributed by atoms with Gasteiger partial charge in [0.15, 0.2) is 5.82 Å². The van der Waals surface area contributed by atoms with Crippen molar-refractivity contribution < 1.29 is 17.7 Å². The second-order valence-corrected chi connectivity index (χ2v) is 5.74. The number of rotatable bonds is 3. The molecule has 0 amide bonds. The first-order valence-electron chi connectivity index (χ1n) is 7.68. The molecule has 1 aromatic carbocycles. The van der Waals surface area contributed by atoms with Gasteiger partial charge in [-0.2, -0.15) is 23.3 Å². The van der Waals surface area contributed by atoms with E-state index in [2.05, 4.69) is 20.2 Å². The van der Waals surface area contributed by atoms with Gasteiger partial charge in [-0.1, -0.05) is 17.3 Å². The molecule has 0 saturated heterocycles. The molecule has 0 N–H and O–H groups in total. The van der Waals surface area contributed by atoms with Gasteiger partial charge in [-0.25, -0.2) is 0 Å². The van der Waals surface area contributed by atoms with Gasteiger partial charge in [-0.3, -0.25) is 9.67 Å². The molecule has 0 radical (unpaired) electrons. The summed E-state index contributed by atoms with van der Waals surface area (Å²) in [5.74, 6) is 0.899. The molecule has 0 aliphatic heterocycles. The average Bonchev–Trinajstić information content (AvgIpc) is 3.20. The quantitative estimate of drug-likeness (QED) is 0.556. The fraction of sp³-hybridized carbons (Fsp3) is 0.176. The SMILES string of the molecule is Cc1noc(Cn2ncc3ncc(-c4cccc(C(F)(F)F)c4)cc32)n1. The Morgan fingerprint density at radius 3 is 2.69 bits per heavy atom. The topological polar surface area (TPSA) is 69.6 Å². The molecule has 0 aliphatic carbocycles. The van der Waals surface area contributed by atoms with Crippen LogP contribution in [0.1, 0.15) is 17.3 Å². The third kappa shape index (κ3) is 3.03. The highest BCUT2D eigenvalue weighted by Gasteiger charge is 2.30. The Balaban J connectivity index is 1.74. The molecular weight excluding hydrogens is 347 g/mol. The van der Waals surface area contributed by atoms with E-state index in [0.717, 1.165) is 12.1 Å². The van der Waals surface area contributed by atoms with E-state index in [0.29, 0.717) is 33.9 Å². The summed E-state index contributed by atoms with van der Waals surface area (Å²) in [6.07, 6.45) is -1.29. The molecule has 3 aromatic heterocycles. The third-order valence-electron chi connectivity index (χ3n) is 3.87. The number of benzene rings is 1. The van der Waals surface area contributed by atoms with Crippen LogP contribution in [0.15, 0.2) is 47.2 Å². The van der Waals surface area contributed by atoms with Crippen LogP contribution in [0.5, 0.6) is 0 Å². The lowest BCUT2D eigenvalue weighted by molar-refractivity contribution is -0.137. The molecule has 0 atom stereocenters. The second kappa shape index (κ2) is 5.94. The van der Waals surface area contributed by atoms with Crippen molar-refractivity contribution in [2.75, 3.05) is 0 Å². The molecule has 6 nitrogen and oxygen atoms in total. The monoisotopic (exact) mass is 359 g/mol. The van der Waals surface area contributed by atoms with Crippen LogP contribution in [-0.4, -0.2) is 24.9 Å². The first kappa shape index (κ1) is 16.2. The van der Waals surface area contributed by atoms with Crippen molar-refractivity contribution in [1.29, 1.82) is 0 Å². The van der Waals surface area contributed by atoms with E-state index >= 15 is 0 Å². The van der Waals surface area contributed by atoms with Gasteiger partial charge in [0.2, 0.25) is 5.89 Å². The normalized spacial score (nSPS) is 12.0. The third-order valence-corrected chi connectivity index (χ3v) is 3.87. The average molecular weight is 359 g/mol. The Bertz CT molecular complexity index is 1080. The van der Waals surface area contributed by atoms with E-state index < -0.39 is 11.7 Å². The number of hydrogen-bond donors (Lipinski definition) is 0. The molecule has 0 fully saturated rings. The number of halogens is 3. The zero-order valence-electron chi connectivity index (χ0n) is 13.5. The lowest BCUT2D eigenvalue weighted by Crippen LogP contribution is -2.04. The molecule has 4 rings (SSSR count). The van der Waals surface area contributed by atoms with E-state index in [1.807, 2.05) is 0 Å². The minimum Gasteiger partial charge on any atom is -0.337 e. The second-order valence-electron chi connectivity index (χ2n) is 5.74. The van der Waals surface area contributed by atoms with Crippen molar-refractivity contribution >= 4 is 11.0 Å². The Labute approximate surface area is 145 Å². The van der Waals surface area contributed by atoms with Gasteiger partial charge in [0, 0.05) is 11.8 Å². The van der Waals surface area contributed by atoms with Gasteiger partial charge in [-0.05, 0) is 30.7 Å². The fourth-order valence-electron chi connectivity index (χ4n) is 2.65. The van der Waals surface area contributed by atoms with Crippen LogP contribution < -0.4 is 0 Å². The maximum atomic E-state index is 12.9. The van der Waals surface area contributed by atoms with Gasteiger partial charge in [0.1, 0.15) is 12.1 Å². The lowest BCUT2D eigenvalue weighted by atomic mass is 10.0. The molecule has 0 unspecified atom stereocenters. The summed E-state index contributed by atoms with van der Waals surface area (Å²) < 4.78 is 45.5.